The van der Waals surface area contributed by atoms with E-state index in [1.165, 1.54) is 0 Å². The maximum atomic E-state index is 12.4. The number of aliphatic hydroxyl groups excluding tert-OH is 1. The Morgan fingerprint density at radius 2 is 2.12 bits per heavy atom. The number of imidazole rings is 1. The maximum absolute atomic E-state index is 12.4. The third kappa shape index (κ3) is 3.49. The summed E-state index contributed by atoms with van der Waals surface area (Å²) in [5, 5.41) is 13.0. The van der Waals surface area contributed by atoms with Crippen molar-refractivity contribution in [3.63, 3.8) is 0 Å². The third-order valence-electron chi connectivity index (χ3n) is 4.30. The van der Waals surface area contributed by atoms with Gasteiger partial charge in [-0.3, -0.25) is 4.79 Å². The number of methoxy groups -OCH3 is 1. The number of carbonyl (C=O) groups is 1. The molecule has 0 aliphatic rings. The first-order valence-electron chi connectivity index (χ1n) is 8.03. The van der Waals surface area contributed by atoms with E-state index in [9.17, 15) is 9.90 Å². The van der Waals surface area contributed by atoms with Crippen molar-refractivity contribution in [3.05, 3.63) is 59.4 Å². The van der Waals surface area contributed by atoms with Crippen LogP contribution in [-0.4, -0.2) is 34.2 Å². The fraction of sp³-hybridized carbons (Fsp3) is 0.263. The van der Waals surface area contributed by atoms with E-state index in [2.05, 4.69) is 10.3 Å². The van der Waals surface area contributed by atoms with E-state index in [-0.39, 0.29) is 12.5 Å². The molecule has 0 aliphatic carbocycles. The zero-order valence-corrected chi connectivity index (χ0v) is 14.5. The number of carbonyl (C=O) groups excluding carboxylic acids is 1. The van der Waals surface area contributed by atoms with Gasteiger partial charge in [-0.25, -0.2) is 4.98 Å². The van der Waals surface area contributed by atoms with Crippen LogP contribution in [0.5, 0.6) is 5.75 Å². The van der Waals surface area contributed by atoms with Gasteiger partial charge < -0.3 is 19.7 Å². The summed E-state index contributed by atoms with van der Waals surface area (Å²) >= 11 is 0. The van der Waals surface area contributed by atoms with Crippen LogP contribution < -0.4 is 10.1 Å². The van der Waals surface area contributed by atoms with Crippen LogP contribution in [0.2, 0.25) is 0 Å². The molecule has 6 nitrogen and oxygen atoms in total. The average Bonchev–Trinajstić information content (AvgIpc) is 2.92. The van der Waals surface area contributed by atoms with Gasteiger partial charge in [0.25, 0.3) is 5.91 Å². The Morgan fingerprint density at radius 1 is 1.32 bits per heavy atom. The minimum absolute atomic E-state index is 0.116. The van der Waals surface area contributed by atoms with Gasteiger partial charge in [0, 0.05) is 19.2 Å². The number of hydrogen-bond acceptors (Lipinski definition) is 4. The molecule has 2 aromatic carbocycles. The minimum atomic E-state index is -0.806. The monoisotopic (exact) mass is 339 g/mol. The Kier molecular flexibility index (Phi) is 4.72. The lowest BCUT2D eigenvalue weighted by molar-refractivity contribution is 0.0916. The molecular weight excluding hydrogens is 318 g/mol. The van der Waals surface area contributed by atoms with Crippen LogP contribution in [0.4, 0.5) is 0 Å². The number of aromatic nitrogens is 2. The third-order valence-corrected chi connectivity index (χ3v) is 4.30. The first-order chi connectivity index (χ1) is 12.0. The number of nitrogens with one attached hydrogen (secondary N) is 1. The number of rotatable bonds is 5. The molecule has 1 unspecified atom stereocenters. The molecule has 0 spiro atoms. The van der Waals surface area contributed by atoms with E-state index in [4.69, 9.17) is 4.74 Å². The molecule has 0 aliphatic heterocycles. The number of benzene rings is 2. The Morgan fingerprint density at radius 3 is 2.88 bits per heavy atom. The number of ether oxygens (including phenoxy) is 1. The lowest BCUT2D eigenvalue weighted by Gasteiger charge is -2.13. The quantitative estimate of drug-likeness (QED) is 0.748. The first-order valence-corrected chi connectivity index (χ1v) is 8.03. The summed E-state index contributed by atoms with van der Waals surface area (Å²) in [6, 6.07) is 12.5. The molecule has 130 valence electrons. The van der Waals surface area contributed by atoms with Crippen LogP contribution in [0, 0.1) is 6.92 Å². The number of nitrogens with zero attached hydrogens (tertiary/aromatic N) is 2. The van der Waals surface area contributed by atoms with E-state index < -0.39 is 6.10 Å². The summed E-state index contributed by atoms with van der Waals surface area (Å²) in [5.41, 5.74) is 2.96. The van der Waals surface area contributed by atoms with Crippen molar-refractivity contribution < 1.29 is 14.6 Å². The summed E-state index contributed by atoms with van der Waals surface area (Å²) in [5.74, 6) is 1.31. The van der Waals surface area contributed by atoms with Crippen LogP contribution >= 0.6 is 0 Å². The fourth-order valence-electron chi connectivity index (χ4n) is 2.72. The van der Waals surface area contributed by atoms with Crippen molar-refractivity contribution >= 4 is 16.9 Å². The van der Waals surface area contributed by atoms with Crippen molar-refractivity contribution in [1.82, 2.24) is 14.9 Å². The van der Waals surface area contributed by atoms with Gasteiger partial charge in [0.2, 0.25) is 0 Å². The van der Waals surface area contributed by atoms with Crippen molar-refractivity contribution in [2.75, 3.05) is 13.7 Å². The molecule has 25 heavy (non-hydrogen) atoms. The topological polar surface area (TPSA) is 76.4 Å². The molecule has 1 heterocycles. The lowest BCUT2D eigenvalue weighted by atomic mass is 10.1. The molecule has 0 fully saturated rings. The van der Waals surface area contributed by atoms with Crippen molar-refractivity contribution in [1.29, 1.82) is 0 Å². The van der Waals surface area contributed by atoms with Gasteiger partial charge in [0.1, 0.15) is 11.6 Å². The van der Waals surface area contributed by atoms with Gasteiger partial charge in [-0.2, -0.15) is 0 Å². The number of amides is 1. The number of fused-ring (bicyclic) bond motifs is 1. The second kappa shape index (κ2) is 6.94. The minimum Gasteiger partial charge on any atom is -0.497 e. The number of aryl methyl sites for hydroxylation is 2. The molecule has 0 radical (unpaired) electrons. The molecule has 0 saturated heterocycles. The predicted octanol–water partition coefficient (Wildman–Crippen LogP) is 2.35. The predicted molar refractivity (Wildman–Crippen MR) is 95.7 cm³/mol. The van der Waals surface area contributed by atoms with Gasteiger partial charge in [-0.15, -0.1) is 0 Å². The van der Waals surface area contributed by atoms with E-state index in [1.807, 2.05) is 24.6 Å². The van der Waals surface area contributed by atoms with Crippen LogP contribution in [0.3, 0.4) is 0 Å². The highest BCUT2D eigenvalue weighted by Gasteiger charge is 2.13. The van der Waals surface area contributed by atoms with Crippen molar-refractivity contribution in [3.8, 4) is 5.75 Å². The molecular formula is C19H21N3O3. The Hall–Kier alpha value is -2.86. The van der Waals surface area contributed by atoms with Gasteiger partial charge in [0.15, 0.2) is 0 Å². The zero-order valence-electron chi connectivity index (χ0n) is 14.5. The Labute approximate surface area is 146 Å². The smallest absolute Gasteiger partial charge is 0.251 e. The Balaban J connectivity index is 1.69. The zero-order chi connectivity index (χ0) is 18.0. The van der Waals surface area contributed by atoms with E-state index >= 15 is 0 Å². The second-order valence-corrected chi connectivity index (χ2v) is 5.92. The number of hydrogen-bond donors (Lipinski definition) is 2. The molecule has 0 saturated carbocycles. The van der Waals surface area contributed by atoms with E-state index in [0.29, 0.717) is 16.9 Å². The van der Waals surface area contributed by atoms with Gasteiger partial charge in [-0.05, 0) is 42.8 Å². The SMILES string of the molecule is COc1cccc(C(O)CNC(=O)c2ccc3c(c2)nc(C)n3C)c1. The van der Waals surface area contributed by atoms with Gasteiger partial charge in [-0.1, -0.05) is 12.1 Å². The van der Waals surface area contributed by atoms with Crippen molar-refractivity contribution in [2.45, 2.75) is 13.0 Å². The number of aliphatic hydroxyl groups is 1. The van der Waals surface area contributed by atoms with Crippen LogP contribution in [0.1, 0.15) is 27.8 Å². The van der Waals surface area contributed by atoms with Gasteiger partial charge in [0.05, 0.1) is 24.2 Å². The largest absolute Gasteiger partial charge is 0.497 e. The van der Waals surface area contributed by atoms with Gasteiger partial charge >= 0.3 is 0 Å². The summed E-state index contributed by atoms with van der Waals surface area (Å²) in [6.45, 7) is 2.04. The first kappa shape index (κ1) is 17.0. The highest BCUT2D eigenvalue weighted by Crippen LogP contribution is 2.19. The maximum Gasteiger partial charge on any atom is 0.251 e. The average molecular weight is 339 g/mol. The molecule has 6 heteroatoms. The molecule has 3 aromatic rings. The normalized spacial score (nSPS) is 12.2. The summed E-state index contributed by atoms with van der Waals surface area (Å²) in [4.78, 5) is 16.8. The molecule has 1 amide bonds. The molecule has 1 atom stereocenters. The van der Waals surface area contributed by atoms with E-state index in [1.54, 1.807) is 43.5 Å². The fourth-order valence-corrected chi connectivity index (χ4v) is 2.72. The highest BCUT2D eigenvalue weighted by molar-refractivity contribution is 5.97. The molecule has 0 bridgehead atoms. The van der Waals surface area contributed by atoms with Crippen LogP contribution in [-0.2, 0) is 7.05 Å². The summed E-state index contributed by atoms with van der Waals surface area (Å²) < 4.78 is 7.12. The highest BCUT2D eigenvalue weighted by atomic mass is 16.5. The standard InChI is InChI=1S/C19H21N3O3/c1-12-21-16-10-14(7-8-17(16)22(12)2)19(24)20-11-18(23)13-5-4-6-15(9-13)25-3/h4-10,18,23H,11H2,1-3H3,(H,20,24). The Bertz CT molecular complexity index is 917. The molecule has 1 aromatic heterocycles. The second-order valence-electron chi connectivity index (χ2n) is 5.92. The molecule has 2 N–H and O–H groups in total. The molecule has 3 rings (SSSR count). The van der Waals surface area contributed by atoms with Crippen LogP contribution in [0.25, 0.3) is 11.0 Å². The summed E-state index contributed by atoms with van der Waals surface area (Å²) in [6.07, 6.45) is -0.806. The van der Waals surface area contributed by atoms with Crippen LogP contribution in [0.15, 0.2) is 42.5 Å². The van der Waals surface area contributed by atoms with E-state index in [0.717, 1.165) is 16.9 Å². The summed E-state index contributed by atoms with van der Waals surface area (Å²) in [7, 11) is 3.51. The lowest BCUT2D eigenvalue weighted by Crippen LogP contribution is -2.28. The van der Waals surface area contributed by atoms with Crippen molar-refractivity contribution in [2.24, 2.45) is 7.05 Å².